The molecular weight excluding hydrogens is 266 g/mol. The van der Waals surface area contributed by atoms with E-state index < -0.39 is 5.60 Å². The summed E-state index contributed by atoms with van der Waals surface area (Å²) in [5, 5.41) is 13.7. The molecule has 5 heteroatoms. The monoisotopic (exact) mass is 283 g/mol. The Morgan fingerprint density at radius 2 is 2.32 bits per heavy atom. The Morgan fingerprint density at radius 3 is 2.95 bits per heavy atom. The van der Waals surface area contributed by atoms with Gasteiger partial charge in [-0.25, -0.2) is 0 Å². The fraction of sp³-hybridized carbons (Fsp3) is 0.500. The van der Waals surface area contributed by atoms with Crippen LogP contribution in [0.15, 0.2) is 24.3 Å². The summed E-state index contributed by atoms with van der Waals surface area (Å²) in [6.07, 6.45) is 0.736. The third-order valence-electron chi connectivity index (χ3n) is 3.36. The van der Waals surface area contributed by atoms with Gasteiger partial charge < -0.3 is 15.2 Å². The van der Waals surface area contributed by atoms with E-state index in [0.29, 0.717) is 23.8 Å². The molecular formula is C14H18ClNO3. The van der Waals surface area contributed by atoms with E-state index in [1.807, 2.05) is 6.07 Å². The smallest absolute Gasteiger partial charge is 0.225 e. The Kier molecular flexibility index (Phi) is 4.45. The number of hydrogen-bond acceptors (Lipinski definition) is 3. The molecule has 1 saturated heterocycles. The molecule has 0 spiro atoms. The van der Waals surface area contributed by atoms with Gasteiger partial charge in [-0.1, -0.05) is 29.8 Å². The number of rotatable bonds is 4. The topological polar surface area (TPSA) is 58.6 Å². The number of amides is 1. The third kappa shape index (κ3) is 3.47. The first-order valence-corrected chi connectivity index (χ1v) is 6.71. The Morgan fingerprint density at radius 1 is 1.58 bits per heavy atom. The summed E-state index contributed by atoms with van der Waals surface area (Å²) < 4.78 is 5.17. The second kappa shape index (κ2) is 5.90. The van der Waals surface area contributed by atoms with Crippen molar-refractivity contribution in [1.82, 2.24) is 5.32 Å². The highest BCUT2D eigenvalue weighted by molar-refractivity contribution is 6.31. The standard InChI is InChI=1S/C14H18ClNO3/c1-14(18,11-4-2-3-5-12(11)15)9-16-13(17)10-6-7-19-8-10/h2-5,10,18H,6-9H2,1H3,(H,16,17). The minimum absolute atomic E-state index is 0.0789. The lowest BCUT2D eigenvalue weighted by Gasteiger charge is -2.25. The van der Waals surface area contributed by atoms with Crippen LogP contribution in [0.3, 0.4) is 0 Å². The van der Waals surface area contributed by atoms with Crippen LogP contribution in [0.1, 0.15) is 18.9 Å². The molecule has 1 aliphatic rings. The van der Waals surface area contributed by atoms with E-state index in [-0.39, 0.29) is 18.4 Å². The molecule has 2 unspecified atom stereocenters. The lowest BCUT2D eigenvalue weighted by atomic mass is 9.95. The predicted octanol–water partition coefficient (Wildman–Crippen LogP) is 1.70. The van der Waals surface area contributed by atoms with Gasteiger partial charge in [0, 0.05) is 17.2 Å². The zero-order valence-corrected chi connectivity index (χ0v) is 11.6. The summed E-state index contributed by atoms with van der Waals surface area (Å²) >= 11 is 6.06. The van der Waals surface area contributed by atoms with E-state index in [4.69, 9.17) is 16.3 Å². The number of aliphatic hydroxyl groups is 1. The van der Waals surface area contributed by atoms with Crippen molar-refractivity contribution < 1.29 is 14.6 Å². The van der Waals surface area contributed by atoms with E-state index in [9.17, 15) is 9.90 Å². The van der Waals surface area contributed by atoms with Crippen LogP contribution in [-0.2, 0) is 15.1 Å². The summed E-state index contributed by atoms with van der Waals surface area (Å²) in [4.78, 5) is 11.9. The van der Waals surface area contributed by atoms with Gasteiger partial charge in [-0.15, -0.1) is 0 Å². The van der Waals surface area contributed by atoms with Crippen molar-refractivity contribution in [3.8, 4) is 0 Å². The van der Waals surface area contributed by atoms with Gasteiger partial charge in [-0.2, -0.15) is 0 Å². The summed E-state index contributed by atoms with van der Waals surface area (Å²) in [6.45, 7) is 2.85. The normalized spacial score (nSPS) is 21.9. The highest BCUT2D eigenvalue weighted by Crippen LogP contribution is 2.27. The number of hydrogen-bond donors (Lipinski definition) is 2. The summed E-state index contributed by atoms with van der Waals surface area (Å²) in [7, 11) is 0. The van der Waals surface area contributed by atoms with E-state index in [1.165, 1.54) is 0 Å². The van der Waals surface area contributed by atoms with E-state index in [0.717, 1.165) is 6.42 Å². The largest absolute Gasteiger partial charge is 0.384 e. The van der Waals surface area contributed by atoms with Gasteiger partial charge in [-0.3, -0.25) is 4.79 Å². The maximum atomic E-state index is 11.9. The quantitative estimate of drug-likeness (QED) is 0.884. The summed E-state index contributed by atoms with van der Waals surface area (Å²) in [6, 6.07) is 7.09. The van der Waals surface area contributed by atoms with Gasteiger partial charge in [0.05, 0.1) is 19.1 Å². The molecule has 0 saturated carbocycles. The molecule has 0 bridgehead atoms. The van der Waals surface area contributed by atoms with Crippen molar-refractivity contribution in [3.05, 3.63) is 34.9 Å². The van der Waals surface area contributed by atoms with Gasteiger partial charge >= 0.3 is 0 Å². The van der Waals surface area contributed by atoms with E-state index >= 15 is 0 Å². The van der Waals surface area contributed by atoms with Crippen molar-refractivity contribution in [2.45, 2.75) is 18.9 Å². The Bertz CT molecular complexity index is 456. The van der Waals surface area contributed by atoms with Crippen molar-refractivity contribution in [2.24, 2.45) is 5.92 Å². The first-order chi connectivity index (χ1) is 9.00. The zero-order chi connectivity index (χ0) is 13.9. The first kappa shape index (κ1) is 14.3. The van der Waals surface area contributed by atoms with Crippen LogP contribution in [0.25, 0.3) is 0 Å². The van der Waals surface area contributed by atoms with E-state index in [2.05, 4.69) is 5.32 Å². The number of benzene rings is 1. The molecule has 2 atom stereocenters. The average Bonchev–Trinajstić information content (AvgIpc) is 2.90. The molecule has 1 amide bonds. The van der Waals surface area contributed by atoms with Crippen LogP contribution in [-0.4, -0.2) is 30.8 Å². The molecule has 1 aromatic carbocycles. The molecule has 0 aliphatic carbocycles. The second-order valence-electron chi connectivity index (χ2n) is 5.03. The van der Waals surface area contributed by atoms with Crippen LogP contribution in [0.5, 0.6) is 0 Å². The minimum Gasteiger partial charge on any atom is -0.384 e. The molecule has 1 heterocycles. The zero-order valence-electron chi connectivity index (χ0n) is 10.9. The Hall–Kier alpha value is -1.10. The molecule has 4 nitrogen and oxygen atoms in total. The summed E-state index contributed by atoms with van der Waals surface area (Å²) in [5.74, 6) is -0.188. The van der Waals surface area contributed by atoms with Gasteiger partial charge in [0.15, 0.2) is 0 Å². The predicted molar refractivity (Wildman–Crippen MR) is 73.0 cm³/mol. The van der Waals surface area contributed by atoms with E-state index in [1.54, 1.807) is 25.1 Å². The summed E-state index contributed by atoms with van der Waals surface area (Å²) in [5.41, 5.74) is -0.576. The third-order valence-corrected chi connectivity index (χ3v) is 3.69. The van der Waals surface area contributed by atoms with Crippen LogP contribution >= 0.6 is 11.6 Å². The molecule has 1 aromatic rings. The molecule has 0 aromatic heterocycles. The maximum absolute atomic E-state index is 11.9. The minimum atomic E-state index is -1.19. The van der Waals surface area contributed by atoms with Gasteiger partial charge in [0.25, 0.3) is 0 Å². The lowest BCUT2D eigenvalue weighted by molar-refractivity contribution is -0.126. The highest BCUT2D eigenvalue weighted by Gasteiger charge is 2.29. The number of ether oxygens (including phenoxy) is 1. The average molecular weight is 284 g/mol. The van der Waals surface area contributed by atoms with Gasteiger partial charge in [0.1, 0.15) is 5.60 Å². The van der Waals surface area contributed by atoms with Crippen LogP contribution in [0.4, 0.5) is 0 Å². The number of halogens is 1. The Balaban J connectivity index is 1.97. The molecule has 1 aliphatic heterocycles. The lowest BCUT2D eigenvalue weighted by Crippen LogP contribution is -2.41. The second-order valence-corrected chi connectivity index (χ2v) is 5.44. The van der Waals surface area contributed by atoms with Crippen LogP contribution < -0.4 is 5.32 Å². The molecule has 0 radical (unpaired) electrons. The van der Waals surface area contributed by atoms with Crippen LogP contribution in [0.2, 0.25) is 5.02 Å². The maximum Gasteiger partial charge on any atom is 0.225 e. The molecule has 2 N–H and O–H groups in total. The molecule has 2 rings (SSSR count). The fourth-order valence-electron chi connectivity index (χ4n) is 2.14. The number of nitrogens with one attached hydrogen (secondary N) is 1. The van der Waals surface area contributed by atoms with Crippen LogP contribution in [0, 0.1) is 5.92 Å². The van der Waals surface area contributed by atoms with Crippen molar-refractivity contribution in [2.75, 3.05) is 19.8 Å². The fourth-order valence-corrected chi connectivity index (χ4v) is 2.48. The van der Waals surface area contributed by atoms with Crippen molar-refractivity contribution in [1.29, 1.82) is 0 Å². The number of carbonyl (C=O) groups is 1. The number of carbonyl (C=O) groups excluding carboxylic acids is 1. The highest BCUT2D eigenvalue weighted by atomic mass is 35.5. The molecule has 1 fully saturated rings. The SMILES string of the molecule is CC(O)(CNC(=O)C1CCOC1)c1ccccc1Cl. The van der Waals surface area contributed by atoms with Crippen molar-refractivity contribution in [3.63, 3.8) is 0 Å². The molecule has 19 heavy (non-hydrogen) atoms. The van der Waals surface area contributed by atoms with Gasteiger partial charge in [-0.05, 0) is 19.4 Å². The van der Waals surface area contributed by atoms with Gasteiger partial charge in [0.2, 0.25) is 5.91 Å². The molecule has 104 valence electrons. The van der Waals surface area contributed by atoms with Crippen molar-refractivity contribution >= 4 is 17.5 Å². The Labute approximate surface area is 117 Å². The first-order valence-electron chi connectivity index (χ1n) is 6.33.